The molecule has 3 fully saturated rings. The molecule has 0 bridgehead atoms. The van der Waals surface area contributed by atoms with Crippen LogP contribution >= 0.6 is 0 Å². The molecule has 2 N–H and O–H groups in total. The van der Waals surface area contributed by atoms with Crippen LogP contribution in [0.5, 0.6) is 0 Å². The van der Waals surface area contributed by atoms with Gasteiger partial charge in [-0.2, -0.15) is 5.10 Å². The summed E-state index contributed by atoms with van der Waals surface area (Å²) in [6, 6.07) is 13.4. The summed E-state index contributed by atoms with van der Waals surface area (Å²) in [5, 5.41) is 11.8. The number of amides is 2. The smallest absolute Gasteiger partial charge is 0.252 e. The summed E-state index contributed by atoms with van der Waals surface area (Å²) in [5.41, 5.74) is 4.98. The summed E-state index contributed by atoms with van der Waals surface area (Å²) >= 11 is 0. The summed E-state index contributed by atoms with van der Waals surface area (Å²) < 4.78 is 7.62. The van der Waals surface area contributed by atoms with Crippen LogP contribution < -0.4 is 10.6 Å². The second-order valence-electron chi connectivity index (χ2n) is 12.0. The van der Waals surface area contributed by atoms with E-state index in [1.54, 1.807) is 0 Å². The molecule has 1 saturated carbocycles. The Labute approximate surface area is 236 Å². The van der Waals surface area contributed by atoms with E-state index in [1.807, 2.05) is 19.2 Å². The molecule has 0 spiro atoms. The molecule has 8 heteroatoms. The maximum absolute atomic E-state index is 13.7. The number of rotatable bonds is 7. The SMILES string of the molecule is CC1CC(C)C(CNC(=O)c2cc(-c3ccc(CN4CCOCC4)cc3)cc3c2cnn3C2CCCC2)C(=O)N1. The van der Waals surface area contributed by atoms with Gasteiger partial charge in [-0.05, 0) is 60.9 Å². The zero-order valence-electron chi connectivity index (χ0n) is 23.7. The summed E-state index contributed by atoms with van der Waals surface area (Å²) in [7, 11) is 0. The topological polar surface area (TPSA) is 88.5 Å². The van der Waals surface area contributed by atoms with E-state index in [0.717, 1.165) is 74.1 Å². The zero-order chi connectivity index (χ0) is 27.6. The van der Waals surface area contributed by atoms with Crippen molar-refractivity contribution in [2.75, 3.05) is 32.8 Å². The Kier molecular flexibility index (Phi) is 7.89. The minimum Gasteiger partial charge on any atom is -0.379 e. The van der Waals surface area contributed by atoms with Gasteiger partial charge in [-0.15, -0.1) is 0 Å². The number of ether oxygens (including phenoxy) is 1. The number of piperidine rings is 1. The van der Waals surface area contributed by atoms with Crippen LogP contribution in [0.4, 0.5) is 0 Å². The Bertz CT molecular complexity index is 1350. The summed E-state index contributed by atoms with van der Waals surface area (Å²) in [4.78, 5) is 28.7. The van der Waals surface area contributed by atoms with Gasteiger partial charge < -0.3 is 15.4 Å². The van der Waals surface area contributed by atoms with Gasteiger partial charge in [0.1, 0.15) is 0 Å². The lowest BCUT2D eigenvalue weighted by Crippen LogP contribution is -2.50. The molecule has 2 amide bonds. The first kappa shape index (κ1) is 27.0. The summed E-state index contributed by atoms with van der Waals surface area (Å²) in [6.07, 6.45) is 7.42. The van der Waals surface area contributed by atoms with E-state index in [4.69, 9.17) is 9.84 Å². The minimum atomic E-state index is -0.223. The van der Waals surface area contributed by atoms with Gasteiger partial charge in [-0.1, -0.05) is 44.0 Å². The van der Waals surface area contributed by atoms with Gasteiger partial charge >= 0.3 is 0 Å². The highest BCUT2D eigenvalue weighted by Crippen LogP contribution is 2.35. The number of morpholine rings is 1. The van der Waals surface area contributed by atoms with Crippen molar-refractivity contribution in [1.29, 1.82) is 0 Å². The highest BCUT2D eigenvalue weighted by Gasteiger charge is 2.32. The third-order valence-electron chi connectivity index (χ3n) is 9.05. The Morgan fingerprint density at radius 1 is 1.07 bits per heavy atom. The van der Waals surface area contributed by atoms with Crippen LogP contribution in [-0.2, 0) is 16.1 Å². The van der Waals surface area contributed by atoms with Gasteiger partial charge in [-0.25, -0.2) is 0 Å². The van der Waals surface area contributed by atoms with Crippen molar-refractivity contribution in [3.8, 4) is 11.1 Å². The van der Waals surface area contributed by atoms with Crippen LogP contribution in [0.25, 0.3) is 22.0 Å². The van der Waals surface area contributed by atoms with Crippen LogP contribution in [0.2, 0.25) is 0 Å². The Morgan fingerprint density at radius 2 is 1.82 bits per heavy atom. The van der Waals surface area contributed by atoms with Gasteiger partial charge in [0, 0.05) is 37.6 Å². The number of hydrogen-bond donors (Lipinski definition) is 2. The third-order valence-corrected chi connectivity index (χ3v) is 9.05. The minimum absolute atomic E-state index is 0.0247. The van der Waals surface area contributed by atoms with E-state index in [-0.39, 0.29) is 29.7 Å². The van der Waals surface area contributed by atoms with Crippen molar-refractivity contribution in [1.82, 2.24) is 25.3 Å². The first-order valence-electron chi connectivity index (χ1n) is 15.0. The Balaban J connectivity index is 1.28. The molecule has 3 aliphatic rings. The van der Waals surface area contributed by atoms with E-state index in [0.29, 0.717) is 18.2 Å². The number of nitrogens with one attached hydrogen (secondary N) is 2. The van der Waals surface area contributed by atoms with E-state index >= 15 is 0 Å². The molecule has 3 atom stereocenters. The van der Waals surface area contributed by atoms with E-state index < -0.39 is 0 Å². The van der Waals surface area contributed by atoms with Crippen molar-refractivity contribution >= 4 is 22.7 Å². The number of fused-ring (bicyclic) bond motifs is 1. The third kappa shape index (κ3) is 5.65. The monoisotopic (exact) mass is 543 g/mol. The van der Waals surface area contributed by atoms with Gasteiger partial charge in [0.15, 0.2) is 0 Å². The summed E-state index contributed by atoms with van der Waals surface area (Å²) in [6.45, 7) is 8.88. The average molecular weight is 544 g/mol. The normalized spacial score (nSPS) is 24.4. The molecule has 40 heavy (non-hydrogen) atoms. The lowest BCUT2D eigenvalue weighted by Gasteiger charge is -2.32. The molecule has 2 aliphatic heterocycles. The maximum Gasteiger partial charge on any atom is 0.252 e. The second-order valence-corrected chi connectivity index (χ2v) is 12.0. The Morgan fingerprint density at radius 3 is 2.55 bits per heavy atom. The van der Waals surface area contributed by atoms with E-state index in [1.165, 1.54) is 18.4 Å². The number of nitrogens with zero attached hydrogens (tertiary/aromatic N) is 3. The lowest BCUT2D eigenvalue weighted by molar-refractivity contribution is -0.129. The van der Waals surface area contributed by atoms with E-state index in [2.05, 4.69) is 57.5 Å². The van der Waals surface area contributed by atoms with E-state index in [9.17, 15) is 9.59 Å². The van der Waals surface area contributed by atoms with Crippen LogP contribution in [0, 0.1) is 11.8 Å². The molecule has 3 heterocycles. The lowest BCUT2D eigenvalue weighted by atomic mass is 9.84. The van der Waals surface area contributed by atoms with Crippen molar-refractivity contribution in [3.05, 3.63) is 53.7 Å². The van der Waals surface area contributed by atoms with Crippen molar-refractivity contribution in [2.45, 2.75) is 64.6 Å². The molecular formula is C32H41N5O3. The second kappa shape index (κ2) is 11.7. The predicted molar refractivity (Wildman–Crippen MR) is 156 cm³/mol. The molecule has 3 unspecified atom stereocenters. The molecule has 2 aromatic carbocycles. The fourth-order valence-corrected chi connectivity index (χ4v) is 6.74. The van der Waals surface area contributed by atoms with Crippen LogP contribution in [0.3, 0.4) is 0 Å². The van der Waals surface area contributed by atoms with Crippen molar-refractivity contribution in [3.63, 3.8) is 0 Å². The summed E-state index contributed by atoms with van der Waals surface area (Å²) in [5.74, 6) is -0.132. The molecule has 3 aromatic rings. The maximum atomic E-state index is 13.7. The molecule has 6 rings (SSSR count). The van der Waals surface area contributed by atoms with Crippen LogP contribution in [-0.4, -0.2) is 65.4 Å². The molecule has 1 aliphatic carbocycles. The van der Waals surface area contributed by atoms with Crippen molar-refractivity contribution < 1.29 is 14.3 Å². The van der Waals surface area contributed by atoms with Crippen molar-refractivity contribution in [2.24, 2.45) is 11.8 Å². The van der Waals surface area contributed by atoms with Gasteiger partial charge in [-0.3, -0.25) is 19.2 Å². The van der Waals surface area contributed by atoms with Crippen LogP contribution in [0.15, 0.2) is 42.6 Å². The fraction of sp³-hybridized carbons (Fsp3) is 0.531. The molecule has 212 valence electrons. The van der Waals surface area contributed by atoms with Gasteiger partial charge in [0.2, 0.25) is 5.91 Å². The highest BCUT2D eigenvalue weighted by atomic mass is 16.5. The van der Waals surface area contributed by atoms with Gasteiger partial charge in [0.25, 0.3) is 5.91 Å². The number of carbonyl (C=O) groups excluding carboxylic acids is 2. The zero-order valence-corrected chi connectivity index (χ0v) is 23.7. The van der Waals surface area contributed by atoms with Crippen LogP contribution in [0.1, 0.15) is 67.9 Å². The quantitative estimate of drug-likeness (QED) is 0.457. The first-order valence-corrected chi connectivity index (χ1v) is 15.0. The fourth-order valence-electron chi connectivity index (χ4n) is 6.74. The number of aromatic nitrogens is 2. The predicted octanol–water partition coefficient (Wildman–Crippen LogP) is 4.54. The molecule has 2 saturated heterocycles. The molecule has 0 radical (unpaired) electrons. The largest absolute Gasteiger partial charge is 0.379 e. The first-order chi connectivity index (χ1) is 19.5. The Hall–Kier alpha value is -3.23. The number of hydrogen-bond acceptors (Lipinski definition) is 5. The molecule has 8 nitrogen and oxygen atoms in total. The standard InChI is InChI=1S/C32H41N5O3/c1-21-15-22(2)35-32(39)28(21)18-33-31(38)27-16-25(17-30-29(27)19-34-37(30)26-5-3-4-6-26)24-9-7-23(8-10-24)20-36-11-13-40-14-12-36/h7-10,16-17,19,21-22,26,28H,3-6,11-15,18,20H2,1-2H3,(H,33,38)(H,35,39). The number of carbonyl (C=O) groups is 2. The molecule has 1 aromatic heterocycles. The molecular weight excluding hydrogens is 502 g/mol. The highest BCUT2D eigenvalue weighted by molar-refractivity contribution is 6.08. The number of benzene rings is 2. The average Bonchev–Trinajstić information content (AvgIpc) is 3.63. The van der Waals surface area contributed by atoms with Gasteiger partial charge in [0.05, 0.1) is 42.5 Å².